The Labute approximate surface area is 206 Å². The molecule has 0 saturated heterocycles. The van der Waals surface area contributed by atoms with Gasteiger partial charge in [0, 0.05) is 16.9 Å². The van der Waals surface area contributed by atoms with E-state index in [-0.39, 0.29) is 11.7 Å². The number of thioether (sulfide) groups is 1. The maximum Gasteiger partial charge on any atom is 0.234 e. The van der Waals surface area contributed by atoms with Crippen molar-refractivity contribution in [3.05, 3.63) is 83.7 Å². The number of aryl methyl sites for hydroxylation is 3. The number of carbonyl (C=O) groups excluding carboxylic acids is 1. The minimum Gasteiger partial charge on any atom is -0.325 e. The summed E-state index contributed by atoms with van der Waals surface area (Å²) >= 11 is 3.04. The molecular formula is C26H23N5OS2. The highest BCUT2D eigenvalue weighted by Crippen LogP contribution is 2.31. The molecule has 6 nitrogen and oxygen atoms in total. The van der Waals surface area contributed by atoms with Gasteiger partial charge in [0.25, 0.3) is 0 Å². The second kappa shape index (κ2) is 9.40. The number of amides is 1. The maximum atomic E-state index is 12.6. The molecule has 0 atom stereocenters. The van der Waals surface area contributed by atoms with E-state index in [4.69, 9.17) is 4.98 Å². The largest absolute Gasteiger partial charge is 0.325 e. The topological polar surface area (TPSA) is 72.7 Å². The van der Waals surface area contributed by atoms with Crippen molar-refractivity contribution in [2.75, 3.05) is 11.1 Å². The second-order valence-electron chi connectivity index (χ2n) is 8.11. The van der Waals surface area contributed by atoms with Crippen LogP contribution in [0.5, 0.6) is 0 Å². The number of rotatable bonds is 6. The number of nitrogens with zero attached hydrogens (tertiary/aromatic N) is 4. The summed E-state index contributed by atoms with van der Waals surface area (Å²) in [7, 11) is 0. The molecule has 0 aliphatic rings. The Bertz CT molecular complexity index is 1470. The van der Waals surface area contributed by atoms with Crippen LogP contribution in [0.1, 0.15) is 17.0 Å². The van der Waals surface area contributed by atoms with E-state index in [0.717, 1.165) is 33.3 Å². The summed E-state index contributed by atoms with van der Waals surface area (Å²) in [4.78, 5) is 17.3. The Balaban J connectivity index is 1.24. The SMILES string of the molecule is Cc1ccc(-n2c(C)nnc2SCC(=O)Nc2ccc(-c3nc4ccc(C)cc4s3)cc2)cc1. The van der Waals surface area contributed by atoms with Gasteiger partial charge in [-0.15, -0.1) is 21.5 Å². The highest BCUT2D eigenvalue weighted by Gasteiger charge is 2.14. The zero-order chi connectivity index (χ0) is 23.7. The lowest BCUT2D eigenvalue weighted by Gasteiger charge is -2.09. The molecule has 2 aromatic heterocycles. The summed E-state index contributed by atoms with van der Waals surface area (Å²) in [5, 5.41) is 13.1. The molecule has 0 spiro atoms. The molecular weight excluding hydrogens is 462 g/mol. The van der Waals surface area contributed by atoms with Gasteiger partial charge in [-0.2, -0.15) is 0 Å². The lowest BCUT2D eigenvalue weighted by Crippen LogP contribution is -2.14. The summed E-state index contributed by atoms with van der Waals surface area (Å²) in [6.07, 6.45) is 0. The molecule has 0 fully saturated rings. The molecule has 2 heterocycles. The summed E-state index contributed by atoms with van der Waals surface area (Å²) in [5.41, 5.74) is 6.19. The molecule has 0 aliphatic carbocycles. The van der Waals surface area contributed by atoms with Gasteiger partial charge in [-0.3, -0.25) is 9.36 Å². The minimum absolute atomic E-state index is 0.0932. The molecule has 0 radical (unpaired) electrons. The lowest BCUT2D eigenvalue weighted by atomic mass is 10.2. The van der Waals surface area contributed by atoms with Gasteiger partial charge in [0.05, 0.1) is 16.0 Å². The number of aromatic nitrogens is 4. The third-order valence-electron chi connectivity index (χ3n) is 5.38. The molecule has 0 aliphatic heterocycles. The molecule has 5 rings (SSSR count). The molecule has 0 bridgehead atoms. The molecule has 34 heavy (non-hydrogen) atoms. The average Bonchev–Trinajstić information content (AvgIpc) is 3.41. The number of carbonyl (C=O) groups is 1. The van der Waals surface area contributed by atoms with E-state index in [1.807, 2.05) is 47.9 Å². The van der Waals surface area contributed by atoms with Gasteiger partial charge in [0.2, 0.25) is 5.91 Å². The van der Waals surface area contributed by atoms with E-state index >= 15 is 0 Å². The Hall–Kier alpha value is -3.49. The Morgan fingerprint density at radius 1 is 0.941 bits per heavy atom. The third-order valence-corrected chi connectivity index (χ3v) is 7.38. The minimum atomic E-state index is -0.0932. The van der Waals surface area contributed by atoms with Gasteiger partial charge < -0.3 is 5.32 Å². The first kappa shape index (κ1) is 22.3. The van der Waals surface area contributed by atoms with Crippen LogP contribution in [0.3, 0.4) is 0 Å². The quantitative estimate of drug-likeness (QED) is 0.290. The van der Waals surface area contributed by atoms with E-state index in [2.05, 4.69) is 59.7 Å². The van der Waals surface area contributed by atoms with Crippen LogP contribution in [0.2, 0.25) is 0 Å². The summed E-state index contributed by atoms with van der Waals surface area (Å²) in [6.45, 7) is 6.04. The van der Waals surface area contributed by atoms with Crippen LogP contribution >= 0.6 is 23.1 Å². The first-order valence-corrected chi connectivity index (χ1v) is 12.7. The Kier molecular flexibility index (Phi) is 6.17. The van der Waals surface area contributed by atoms with Gasteiger partial charge in [-0.1, -0.05) is 35.5 Å². The fourth-order valence-electron chi connectivity index (χ4n) is 3.61. The highest BCUT2D eigenvalue weighted by atomic mass is 32.2. The van der Waals surface area contributed by atoms with Crippen LogP contribution in [0.4, 0.5) is 5.69 Å². The van der Waals surface area contributed by atoms with Crippen molar-refractivity contribution < 1.29 is 4.79 Å². The Morgan fingerprint density at radius 3 is 2.44 bits per heavy atom. The summed E-state index contributed by atoms with van der Waals surface area (Å²) in [5.74, 6) is 0.930. The van der Waals surface area contributed by atoms with Crippen molar-refractivity contribution in [2.24, 2.45) is 0 Å². The van der Waals surface area contributed by atoms with Crippen LogP contribution in [0, 0.1) is 20.8 Å². The predicted octanol–water partition coefficient (Wildman–Crippen LogP) is 6.20. The number of hydrogen-bond donors (Lipinski definition) is 1. The van der Waals surface area contributed by atoms with Crippen molar-refractivity contribution in [2.45, 2.75) is 25.9 Å². The first-order chi connectivity index (χ1) is 16.5. The number of hydrogen-bond acceptors (Lipinski definition) is 6. The van der Waals surface area contributed by atoms with Gasteiger partial charge in [0.1, 0.15) is 10.8 Å². The van der Waals surface area contributed by atoms with E-state index in [1.54, 1.807) is 11.3 Å². The zero-order valence-electron chi connectivity index (χ0n) is 19.1. The fourth-order valence-corrected chi connectivity index (χ4v) is 5.47. The lowest BCUT2D eigenvalue weighted by molar-refractivity contribution is -0.113. The zero-order valence-corrected chi connectivity index (χ0v) is 20.7. The van der Waals surface area contributed by atoms with Crippen molar-refractivity contribution in [1.29, 1.82) is 0 Å². The van der Waals surface area contributed by atoms with Crippen LogP contribution in [0.15, 0.2) is 71.9 Å². The molecule has 8 heteroatoms. The number of thiazole rings is 1. The maximum absolute atomic E-state index is 12.6. The third kappa shape index (κ3) is 4.73. The molecule has 1 N–H and O–H groups in total. The van der Waals surface area contributed by atoms with E-state index in [1.165, 1.54) is 27.6 Å². The number of benzene rings is 3. The predicted molar refractivity (Wildman–Crippen MR) is 140 cm³/mol. The van der Waals surface area contributed by atoms with Gasteiger partial charge >= 0.3 is 0 Å². The van der Waals surface area contributed by atoms with Crippen LogP contribution in [-0.4, -0.2) is 31.4 Å². The summed E-state index contributed by atoms with van der Waals surface area (Å²) in [6, 6.07) is 22.3. The summed E-state index contributed by atoms with van der Waals surface area (Å²) < 4.78 is 3.14. The second-order valence-corrected chi connectivity index (χ2v) is 10.1. The van der Waals surface area contributed by atoms with Gasteiger partial charge in [-0.25, -0.2) is 4.98 Å². The van der Waals surface area contributed by atoms with Gasteiger partial charge in [0.15, 0.2) is 5.16 Å². The van der Waals surface area contributed by atoms with E-state index < -0.39 is 0 Å². The molecule has 1 amide bonds. The first-order valence-electron chi connectivity index (χ1n) is 10.9. The number of fused-ring (bicyclic) bond motifs is 1. The average molecular weight is 486 g/mol. The fraction of sp³-hybridized carbons (Fsp3) is 0.154. The molecule has 5 aromatic rings. The highest BCUT2D eigenvalue weighted by molar-refractivity contribution is 7.99. The molecule has 0 unspecified atom stereocenters. The number of nitrogens with one attached hydrogen (secondary N) is 1. The van der Waals surface area contributed by atoms with Crippen molar-refractivity contribution in [1.82, 2.24) is 19.7 Å². The smallest absolute Gasteiger partial charge is 0.234 e. The molecule has 3 aromatic carbocycles. The molecule has 170 valence electrons. The van der Waals surface area contributed by atoms with Crippen molar-refractivity contribution >= 4 is 44.9 Å². The van der Waals surface area contributed by atoms with Crippen LogP contribution in [0.25, 0.3) is 26.5 Å². The normalized spacial score (nSPS) is 11.1. The van der Waals surface area contributed by atoms with E-state index in [9.17, 15) is 4.79 Å². The Morgan fingerprint density at radius 2 is 1.68 bits per heavy atom. The van der Waals surface area contributed by atoms with Crippen molar-refractivity contribution in [3.63, 3.8) is 0 Å². The molecule has 0 saturated carbocycles. The van der Waals surface area contributed by atoms with E-state index in [0.29, 0.717) is 5.16 Å². The standard InChI is InChI=1S/C26H23N5OS2/c1-16-4-11-21(12-5-16)31-18(3)29-30-26(31)33-15-24(32)27-20-9-7-19(8-10-20)25-28-22-13-6-17(2)14-23(22)34-25/h4-14H,15H2,1-3H3,(H,27,32). The van der Waals surface area contributed by atoms with Crippen LogP contribution in [-0.2, 0) is 4.79 Å². The van der Waals surface area contributed by atoms with Gasteiger partial charge in [-0.05, 0) is 74.9 Å². The van der Waals surface area contributed by atoms with Crippen LogP contribution < -0.4 is 5.32 Å². The van der Waals surface area contributed by atoms with Crippen molar-refractivity contribution in [3.8, 4) is 16.3 Å². The monoisotopic (exact) mass is 485 g/mol. The number of anilines is 1.